The predicted octanol–water partition coefficient (Wildman–Crippen LogP) is 1.24. The highest BCUT2D eigenvalue weighted by Crippen LogP contribution is 2.20. The first-order chi connectivity index (χ1) is 13.0. The minimum absolute atomic E-state index is 0.0133. The lowest BCUT2D eigenvalue weighted by Gasteiger charge is -2.24. The molecule has 2 aromatic rings. The smallest absolute Gasteiger partial charge is 0.242 e. The van der Waals surface area contributed by atoms with Crippen LogP contribution in [0.25, 0.3) is 0 Å². The molecule has 1 fully saturated rings. The summed E-state index contributed by atoms with van der Waals surface area (Å²) < 4.78 is 40.7. The Labute approximate surface area is 157 Å². The average Bonchev–Trinajstić information content (AvgIpc) is 2.93. The first-order valence-electron chi connectivity index (χ1n) is 8.64. The number of pyridine rings is 1. The van der Waals surface area contributed by atoms with Crippen LogP contribution in [0.1, 0.15) is 6.42 Å². The molecule has 1 aromatic heterocycles. The number of anilines is 1. The molecule has 0 spiro atoms. The van der Waals surface area contributed by atoms with Crippen LogP contribution in [0.3, 0.4) is 0 Å². The van der Waals surface area contributed by atoms with E-state index < -0.39 is 10.0 Å². The van der Waals surface area contributed by atoms with E-state index in [0.717, 1.165) is 0 Å². The number of amides is 1. The maximum atomic E-state index is 14.0. The molecule has 0 radical (unpaired) electrons. The minimum atomic E-state index is -3.78. The second-order valence-corrected chi connectivity index (χ2v) is 7.95. The number of para-hydroxylation sites is 1. The molecular weight excluding hydrogens is 371 g/mol. The van der Waals surface area contributed by atoms with E-state index in [1.54, 1.807) is 23.1 Å². The molecule has 0 atom stereocenters. The van der Waals surface area contributed by atoms with Crippen molar-refractivity contribution in [1.82, 2.24) is 14.6 Å². The van der Waals surface area contributed by atoms with Crippen molar-refractivity contribution >= 4 is 21.6 Å². The fraction of sp³-hybridized carbons (Fsp3) is 0.333. The van der Waals surface area contributed by atoms with Crippen LogP contribution >= 0.6 is 0 Å². The van der Waals surface area contributed by atoms with Gasteiger partial charge < -0.3 is 9.80 Å². The highest BCUT2D eigenvalue weighted by atomic mass is 32.2. The van der Waals surface area contributed by atoms with E-state index >= 15 is 0 Å². The molecule has 144 valence electrons. The van der Waals surface area contributed by atoms with Crippen LogP contribution in [0.4, 0.5) is 10.1 Å². The normalized spacial score (nSPS) is 15.4. The van der Waals surface area contributed by atoms with Crippen LogP contribution in [-0.4, -0.2) is 56.9 Å². The maximum absolute atomic E-state index is 14.0. The molecule has 0 aliphatic carbocycles. The third-order valence-corrected chi connectivity index (χ3v) is 5.79. The minimum Gasteiger partial charge on any atom is -0.367 e. The summed E-state index contributed by atoms with van der Waals surface area (Å²) in [6.45, 7) is 1.70. The van der Waals surface area contributed by atoms with E-state index in [-0.39, 0.29) is 23.2 Å². The fourth-order valence-corrected chi connectivity index (χ4v) is 3.91. The SMILES string of the molecule is O=C(CNS(=O)(=O)c1cccnc1)N1CCCN(c2ccccc2F)CC1. The van der Waals surface area contributed by atoms with Crippen LogP contribution in [0.15, 0.2) is 53.7 Å². The summed E-state index contributed by atoms with van der Waals surface area (Å²) in [7, 11) is -3.78. The third-order valence-electron chi connectivity index (χ3n) is 4.40. The number of hydrogen-bond donors (Lipinski definition) is 1. The quantitative estimate of drug-likeness (QED) is 0.828. The Morgan fingerprint density at radius 2 is 1.93 bits per heavy atom. The molecule has 27 heavy (non-hydrogen) atoms. The van der Waals surface area contributed by atoms with Crippen molar-refractivity contribution in [2.75, 3.05) is 37.6 Å². The summed E-state index contributed by atoms with van der Waals surface area (Å²) in [4.78, 5) is 19.7. The molecule has 1 amide bonds. The molecule has 9 heteroatoms. The summed E-state index contributed by atoms with van der Waals surface area (Å²) in [5.41, 5.74) is 0.518. The molecule has 1 N–H and O–H groups in total. The van der Waals surface area contributed by atoms with Crippen molar-refractivity contribution in [2.45, 2.75) is 11.3 Å². The van der Waals surface area contributed by atoms with Crippen LogP contribution < -0.4 is 9.62 Å². The van der Waals surface area contributed by atoms with Crippen molar-refractivity contribution < 1.29 is 17.6 Å². The lowest BCUT2D eigenvalue weighted by molar-refractivity contribution is -0.129. The van der Waals surface area contributed by atoms with Crippen LogP contribution in [0, 0.1) is 5.82 Å². The number of halogens is 1. The number of carbonyl (C=O) groups is 1. The molecule has 0 unspecified atom stereocenters. The second kappa shape index (κ2) is 8.45. The fourth-order valence-electron chi connectivity index (χ4n) is 2.97. The van der Waals surface area contributed by atoms with E-state index in [2.05, 4.69) is 9.71 Å². The Morgan fingerprint density at radius 3 is 2.67 bits per heavy atom. The molecule has 1 aliphatic heterocycles. The topological polar surface area (TPSA) is 82.6 Å². The zero-order valence-corrected chi connectivity index (χ0v) is 15.5. The van der Waals surface area contributed by atoms with Gasteiger partial charge in [-0.2, -0.15) is 0 Å². The molecule has 0 saturated carbocycles. The number of aromatic nitrogens is 1. The molecule has 3 rings (SSSR count). The lowest BCUT2D eigenvalue weighted by atomic mass is 10.2. The van der Waals surface area contributed by atoms with Crippen molar-refractivity contribution in [3.05, 3.63) is 54.6 Å². The standard InChI is InChI=1S/C18H21FN4O3S/c19-16-6-1-2-7-17(16)22-9-4-10-23(12-11-22)18(24)14-21-27(25,26)15-5-3-8-20-13-15/h1-3,5-8,13,21H,4,9-12,14H2. The molecule has 2 heterocycles. The molecule has 1 aliphatic rings. The van der Waals surface area contributed by atoms with E-state index in [1.807, 2.05) is 4.90 Å². The van der Waals surface area contributed by atoms with E-state index in [1.165, 1.54) is 30.6 Å². The average molecular weight is 392 g/mol. The van der Waals surface area contributed by atoms with Gasteiger partial charge in [0, 0.05) is 38.6 Å². The van der Waals surface area contributed by atoms with Gasteiger partial charge in [-0.15, -0.1) is 0 Å². The van der Waals surface area contributed by atoms with Crippen LogP contribution in [0.5, 0.6) is 0 Å². The summed E-state index contributed by atoms with van der Waals surface area (Å²) >= 11 is 0. The Kier molecular flexibility index (Phi) is 6.02. The molecule has 1 aromatic carbocycles. The molecule has 7 nitrogen and oxygen atoms in total. The van der Waals surface area contributed by atoms with Crippen molar-refractivity contribution in [2.24, 2.45) is 0 Å². The summed E-state index contributed by atoms with van der Waals surface area (Å²) in [5.74, 6) is -0.598. The Bertz CT molecular complexity index is 892. The number of sulfonamides is 1. The molecule has 0 bridgehead atoms. The zero-order valence-electron chi connectivity index (χ0n) is 14.7. The number of nitrogens with one attached hydrogen (secondary N) is 1. The predicted molar refractivity (Wildman–Crippen MR) is 99.2 cm³/mol. The highest BCUT2D eigenvalue weighted by Gasteiger charge is 2.22. The second-order valence-electron chi connectivity index (χ2n) is 6.19. The number of nitrogens with zero attached hydrogens (tertiary/aromatic N) is 3. The van der Waals surface area contributed by atoms with Gasteiger partial charge in [0.25, 0.3) is 0 Å². The number of carbonyl (C=O) groups excluding carboxylic acids is 1. The molecular formula is C18H21FN4O3S. The third kappa shape index (κ3) is 4.81. The largest absolute Gasteiger partial charge is 0.367 e. The van der Waals surface area contributed by atoms with Gasteiger partial charge in [-0.1, -0.05) is 12.1 Å². The Hall–Kier alpha value is -2.52. The van der Waals surface area contributed by atoms with Gasteiger partial charge in [-0.3, -0.25) is 9.78 Å². The Balaban J connectivity index is 1.58. The molecule has 1 saturated heterocycles. The first-order valence-corrected chi connectivity index (χ1v) is 10.1. The number of rotatable bonds is 5. The van der Waals surface area contributed by atoms with Gasteiger partial charge >= 0.3 is 0 Å². The maximum Gasteiger partial charge on any atom is 0.242 e. The highest BCUT2D eigenvalue weighted by molar-refractivity contribution is 7.89. The van der Waals surface area contributed by atoms with Gasteiger partial charge in [0.1, 0.15) is 10.7 Å². The van der Waals surface area contributed by atoms with Crippen molar-refractivity contribution in [3.8, 4) is 0 Å². The van der Waals surface area contributed by atoms with Crippen molar-refractivity contribution in [3.63, 3.8) is 0 Å². The Morgan fingerprint density at radius 1 is 1.11 bits per heavy atom. The monoisotopic (exact) mass is 392 g/mol. The summed E-state index contributed by atoms with van der Waals surface area (Å²) in [5, 5.41) is 0. The van der Waals surface area contributed by atoms with Gasteiger partial charge in [-0.25, -0.2) is 17.5 Å². The van der Waals surface area contributed by atoms with Crippen molar-refractivity contribution in [1.29, 1.82) is 0 Å². The summed E-state index contributed by atoms with van der Waals surface area (Å²) in [6, 6.07) is 9.48. The van der Waals surface area contributed by atoms with E-state index in [0.29, 0.717) is 38.3 Å². The van der Waals surface area contributed by atoms with Gasteiger partial charge in [0.05, 0.1) is 12.2 Å². The van der Waals surface area contributed by atoms with Gasteiger partial charge in [0.15, 0.2) is 0 Å². The zero-order chi connectivity index (χ0) is 19.3. The lowest BCUT2D eigenvalue weighted by Crippen LogP contribution is -2.42. The van der Waals surface area contributed by atoms with Gasteiger partial charge in [0.2, 0.25) is 15.9 Å². The van der Waals surface area contributed by atoms with Gasteiger partial charge in [-0.05, 0) is 30.7 Å². The number of hydrogen-bond acceptors (Lipinski definition) is 5. The van der Waals surface area contributed by atoms with Crippen LogP contribution in [0.2, 0.25) is 0 Å². The van der Waals surface area contributed by atoms with E-state index in [9.17, 15) is 17.6 Å². The van der Waals surface area contributed by atoms with Crippen LogP contribution in [-0.2, 0) is 14.8 Å². The first kappa shape index (κ1) is 19.2. The van der Waals surface area contributed by atoms with E-state index in [4.69, 9.17) is 0 Å². The summed E-state index contributed by atoms with van der Waals surface area (Å²) in [6.07, 6.45) is 3.38. The number of benzene rings is 1.